The average Bonchev–Trinajstić information content (AvgIpc) is 3.52. The normalized spacial score (nSPS) is 20.6. The molecule has 4 rings (SSSR count). The molecule has 1 saturated carbocycles. The number of carboxylic acids is 1. The number of aromatic carboxylic acids is 1. The zero-order valence-corrected chi connectivity index (χ0v) is 20.3. The Morgan fingerprint density at radius 2 is 1.78 bits per heavy atom. The number of halogens is 4. The van der Waals surface area contributed by atoms with Crippen LogP contribution in [0, 0.1) is 11.3 Å². The number of nitrogens with zero attached hydrogens (tertiary/aromatic N) is 1. The zero-order chi connectivity index (χ0) is 26.1. The van der Waals surface area contributed by atoms with E-state index in [1.54, 1.807) is 12.1 Å². The third kappa shape index (κ3) is 5.04. The molecule has 194 valence electrons. The number of anilines is 1. The lowest BCUT2D eigenvalue weighted by atomic mass is 9.86. The summed E-state index contributed by atoms with van der Waals surface area (Å²) >= 11 is 5.99. The number of benzene rings is 2. The lowest BCUT2D eigenvalue weighted by Gasteiger charge is -2.39. The number of rotatable bonds is 8. The van der Waals surface area contributed by atoms with Gasteiger partial charge in [-0.1, -0.05) is 41.9 Å². The Morgan fingerprint density at radius 1 is 1.11 bits per heavy atom. The zero-order valence-electron chi connectivity index (χ0n) is 19.5. The van der Waals surface area contributed by atoms with Gasteiger partial charge in [0, 0.05) is 30.9 Å². The standard InChI is InChI=1S/C26H28ClF3N2O4/c27-21-15-19(8-9-20(21)22(33)34)31-12-4-7-18-16-24(18)10-13-32(14-11-24)23(35)25(36,26(28,29)30)17-5-2-1-3-6-17/h1-3,5-6,8-9,15,18,31,36H,4,7,10-14,16H2,(H,33,34)/t18-,25?/m1/s1. The molecule has 1 unspecified atom stereocenters. The van der Waals surface area contributed by atoms with Gasteiger partial charge in [-0.05, 0) is 61.6 Å². The summed E-state index contributed by atoms with van der Waals surface area (Å²) < 4.78 is 41.6. The fourth-order valence-corrected chi connectivity index (χ4v) is 5.57. The van der Waals surface area contributed by atoms with Crippen molar-refractivity contribution in [2.24, 2.45) is 11.3 Å². The summed E-state index contributed by atoms with van der Waals surface area (Å²) in [6, 6.07) is 11.2. The number of amides is 1. The molecule has 1 saturated heterocycles. The van der Waals surface area contributed by atoms with Crippen molar-refractivity contribution < 1.29 is 33.0 Å². The van der Waals surface area contributed by atoms with E-state index in [0.29, 0.717) is 25.3 Å². The van der Waals surface area contributed by atoms with Crippen molar-refractivity contribution in [3.63, 3.8) is 0 Å². The Morgan fingerprint density at radius 3 is 2.36 bits per heavy atom. The molecule has 2 aromatic carbocycles. The molecule has 0 radical (unpaired) electrons. The fraction of sp³-hybridized carbons (Fsp3) is 0.462. The van der Waals surface area contributed by atoms with Crippen LogP contribution >= 0.6 is 11.6 Å². The minimum Gasteiger partial charge on any atom is -0.478 e. The van der Waals surface area contributed by atoms with E-state index in [0.717, 1.165) is 42.0 Å². The van der Waals surface area contributed by atoms with E-state index in [1.165, 1.54) is 24.3 Å². The molecule has 6 nitrogen and oxygen atoms in total. The number of nitrogens with one attached hydrogen (secondary N) is 1. The summed E-state index contributed by atoms with van der Waals surface area (Å²) in [5, 5.41) is 23.0. The van der Waals surface area contributed by atoms with Gasteiger partial charge < -0.3 is 20.4 Å². The van der Waals surface area contributed by atoms with Crippen LogP contribution in [-0.2, 0) is 10.4 Å². The van der Waals surface area contributed by atoms with Gasteiger partial charge in [-0.2, -0.15) is 13.2 Å². The van der Waals surface area contributed by atoms with E-state index in [4.69, 9.17) is 16.7 Å². The maximum Gasteiger partial charge on any atom is 0.430 e. The lowest BCUT2D eigenvalue weighted by molar-refractivity contribution is -0.262. The number of carbonyl (C=O) groups excluding carboxylic acids is 1. The highest BCUT2D eigenvalue weighted by atomic mass is 35.5. The quantitative estimate of drug-likeness (QED) is 0.407. The van der Waals surface area contributed by atoms with Crippen LogP contribution < -0.4 is 5.32 Å². The molecule has 10 heteroatoms. The molecule has 1 heterocycles. The van der Waals surface area contributed by atoms with Gasteiger partial charge in [-0.15, -0.1) is 0 Å². The number of hydrogen-bond acceptors (Lipinski definition) is 4. The maximum absolute atomic E-state index is 13.9. The van der Waals surface area contributed by atoms with E-state index < -0.39 is 29.2 Å². The van der Waals surface area contributed by atoms with Crippen molar-refractivity contribution in [2.75, 3.05) is 25.0 Å². The number of carbonyl (C=O) groups is 2. The number of likely N-dealkylation sites (tertiary alicyclic amines) is 1. The van der Waals surface area contributed by atoms with E-state index in [2.05, 4.69) is 5.32 Å². The molecular weight excluding hydrogens is 497 g/mol. The van der Waals surface area contributed by atoms with Gasteiger partial charge in [0.1, 0.15) is 0 Å². The second-order valence-corrected chi connectivity index (χ2v) is 10.1. The second-order valence-electron chi connectivity index (χ2n) is 9.70. The predicted octanol–water partition coefficient (Wildman–Crippen LogP) is 5.31. The summed E-state index contributed by atoms with van der Waals surface area (Å²) in [5.41, 5.74) is -3.20. The van der Waals surface area contributed by atoms with Crippen LogP contribution in [0.15, 0.2) is 48.5 Å². The number of piperidine rings is 1. The third-order valence-electron chi connectivity index (χ3n) is 7.57. The Labute approximate surface area is 212 Å². The van der Waals surface area contributed by atoms with Crippen molar-refractivity contribution in [1.29, 1.82) is 0 Å². The third-order valence-corrected chi connectivity index (χ3v) is 7.89. The number of hydrogen-bond donors (Lipinski definition) is 3. The van der Waals surface area contributed by atoms with E-state index in [9.17, 15) is 27.9 Å². The molecule has 2 aliphatic rings. The second kappa shape index (κ2) is 9.94. The van der Waals surface area contributed by atoms with Crippen LogP contribution in [0.5, 0.6) is 0 Å². The summed E-state index contributed by atoms with van der Waals surface area (Å²) in [6.07, 6.45) is -1.10. The van der Waals surface area contributed by atoms with Crippen molar-refractivity contribution in [3.05, 3.63) is 64.7 Å². The van der Waals surface area contributed by atoms with Crippen molar-refractivity contribution in [1.82, 2.24) is 4.90 Å². The van der Waals surface area contributed by atoms with E-state index in [1.807, 2.05) is 0 Å². The smallest absolute Gasteiger partial charge is 0.430 e. The Balaban J connectivity index is 1.27. The molecule has 2 atom stereocenters. The van der Waals surface area contributed by atoms with Gasteiger partial charge in [0.05, 0.1) is 10.6 Å². The van der Waals surface area contributed by atoms with Crippen LogP contribution in [-0.4, -0.2) is 52.8 Å². The molecule has 2 fully saturated rings. The summed E-state index contributed by atoms with van der Waals surface area (Å²) in [5.74, 6) is -1.95. The topological polar surface area (TPSA) is 89.9 Å². The van der Waals surface area contributed by atoms with Gasteiger partial charge in [0.15, 0.2) is 0 Å². The van der Waals surface area contributed by atoms with Crippen LogP contribution in [0.3, 0.4) is 0 Å². The number of aliphatic hydroxyl groups is 1. The van der Waals surface area contributed by atoms with Gasteiger partial charge in [-0.3, -0.25) is 4.79 Å². The molecule has 0 aromatic heterocycles. The van der Waals surface area contributed by atoms with E-state index in [-0.39, 0.29) is 29.1 Å². The lowest BCUT2D eigenvalue weighted by Crippen LogP contribution is -2.57. The molecule has 1 aliphatic heterocycles. The summed E-state index contributed by atoms with van der Waals surface area (Å²) in [4.78, 5) is 25.1. The minimum absolute atomic E-state index is 0.0457. The van der Waals surface area contributed by atoms with Crippen LogP contribution in [0.4, 0.5) is 18.9 Å². The molecule has 1 spiro atoms. The summed E-state index contributed by atoms with van der Waals surface area (Å²) in [6.45, 7) is 1.05. The highest BCUT2D eigenvalue weighted by Crippen LogP contribution is 2.61. The Bertz CT molecular complexity index is 1120. The minimum atomic E-state index is -5.13. The SMILES string of the molecule is O=C(O)c1ccc(NCCC[C@@H]2CC23CCN(C(=O)C(O)(c2ccccc2)C(F)(F)F)CC3)cc1Cl. The first kappa shape index (κ1) is 26.3. The van der Waals surface area contributed by atoms with Gasteiger partial charge >= 0.3 is 12.1 Å². The first-order valence-corrected chi connectivity index (χ1v) is 12.3. The number of alkyl halides is 3. The van der Waals surface area contributed by atoms with Crippen molar-refractivity contribution in [3.8, 4) is 0 Å². The Kier molecular flexibility index (Phi) is 7.26. The van der Waals surface area contributed by atoms with Crippen LogP contribution in [0.1, 0.15) is 48.0 Å². The first-order valence-electron chi connectivity index (χ1n) is 11.9. The molecule has 36 heavy (non-hydrogen) atoms. The molecule has 3 N–H and O–H groups in total. The molecule has 1 amide bonds. The Hall–Kier alpha value is -2.78. The largest absolute Gasteiger partial charge is 0.478 e. The van der Waals surface area contributed by atoms with Gasteiger partial charge in [0.2, 0.25) is 0 Å². The molecular formula is C26H28ClF3N2O4. The number of carboxylic acid groups (broad SMARTS) is 1. The highest BCUT2D eigenvalue weighted by Gasteiger charge is 2.63. The molecule has 0 bridgehead atoms. The molecule has 2 aromatic rings. The van der Waals surface area contributed by atoms with Gasteiger partial charge in [-0.25, -0.2) is 4.79 Å². The highest BCUT2D eigenvalue weighted by molar-refractivity contribution is 6.33. The van der Waals surface area contributed by atoms with Crippen LogP contribution in [0.25, 0.3) is 0 Å². The average molecular weight is 525 g/mol. The van der Waals surface area contributed by atoms with Gasteiger partial charge in [0.25, 0.3) is 11.5 Å². The molecule has 1 aliphatic carbocycles. The summed E-state index contributed by atoms with van der Waals surface area (Å²) in [7, 11) is 0. The van der Waals surface area contributed by atoms with Crippen molar-refractivity contribution >= 4 is 29.2 Å². The predicted molar refractivity (Wildman–Crippen MR) is 129 cm³/mol. The van der Waals surface area contributed by atoms with E-state index >= 15 is 0 Å². The maximum atomic E-state index is 13.9. The first-order chi connectivity index (χ1) is 17.0. The van der Waals surface area contributed by atoms with Crippen molar-refractivity contribution in [2.45, 2.75) is 43.9 Å². The monoisotopic (exact) mass is 524 g/mol. The van der Waals surface area contributed by atoms with Crippen LogP contribution in [0.2, 0.25) is 5.02 Å². The fourth-order valence-electron chi connectivity index (χ4n) is 5.30.